The van der Waals surface area contributed by atoms with Crippen molar-refractivity contribution in [3.63, 3.8) is 0 Å². The summed E-state index contributed by atoms with van der Waals surface area (Å²) in [6, 6.07) is 0. The van der Waals surface area contributed by atoms with Gasteiger partial charge in [-0.1, -0.05) is 38.7 Å². The number of aliphatic hydroxyl groups is 1. The summed E-state index contributed by atoms with van der Waals surface area (Å²) in [5, 5.41) is 9.20. The molecular formula is C10H16O. The van der Waals surface area contributed by atoms with E-state index in [1.165, 1.54) is 0 Å². The molecule has 0 aromatic heterocycles. The normalized spacial score (nSPS) is 13.8. The van der Waals surface area contributed by atoms with Crippen molar-refractivity contribution < 1.29 is 5.11 Å². The molecule has 0 fully saturated rings. The highest BCUT2D eigenvalue weighted by Crippen LogP contribution is 2.14. The molecule has 0 atom stereocenters. The van der Waals surface area contributed by atoms with Crippen LogP contribution in [0.15, 0.2) is 36.1 Å². The van der Waals surface area contributed by atoms with E-state index in [-0.39, 0.29) is 0 Å². The maximum absolute atomic E-state index is 9.20. The number of aliphatic hydroxyl groups excluding tert-OH is 1. The summed E-state index contributed by atoms with van der Waals surface area (Å²) >= 11 is 0. The second kappa shape index (κ2) is 4.78. The van der Waals surface area contributed by atoms with Crippen LogP contribution in [0.1, 0.15) is 20.8 Å². The van der Waals surface area contributed by atoms with Crippen molar-refractivity contribution in [3.05, 3.63) is 36.1 Å². The molecule has 0 aromatic rings. The van der Waals surface area contributed by atoms with Gasteiger partial charge in [0.1, 0.15) is 0 Å². The van der Waals surface area contributed by atoms with Gasteiger partial charge in [-0.25, -0.2) is 0 Å². The Balaban J connectivity index is 4.50. The number of allylic oxidation sites excluding steroid dienone is 5. The van der Waals surface area contributed by atoms with Gasteiger partial charge in [0, 0.05) is 0 Å². The predicted octanol–water partition coefficient (Wildman–Crippen LogP) is 3.22. The third kappa shape index (κ3) is 3.66. The number of hydrogen-bond acceptors (Lipinski definition) is 1. The van der Waals surface area contributed by atoms with Crippen molar-refractivity contribution in [1.29, 1.82) is 0 Å². The minimum atomic E-state index is 0.358. The molecule has 0 heterocycles. The minimum absolute atomic E-state index is 0.358. The predicted molar refractivity (Wildman–Crippen MR) is 49.5 cm³/mol. The molecule has 1 nitrogen and oxygen atoms in total. The van der Waals surface area contributed by atoms with Gasteiger partial charge in [-0.15, -0.1) is 0 Å². The van der Waals surface area contributed by atoms with Gasteiger partial charge in [-0.05, 0) is 18.4 Å². The molecule has 0 saturated heterocycles. The Kier molecular flexibility index (Phi) is 4.35. The Bertz CT molecular complexity index is 181. The van der Waals surface area contributed by atoms with Crippen LogP contribution >= 0.6 is 0 Å². The Hall–Kier alpha value is -0.980. The highest BCUT2D eigenvalue weighted by atomic mass is 16.3. The van der Waals surface area contributed by atoms with Gasteiger partial charge >= 0.3 is 0 Å². The third-order valence-electron chi connectivity index (χ3n) is 1.45. The Morgan fingerprint density at radius 2 is 2.00 bits per heavy atom. The summed E-state index contributed by atoms with van der Waals surface area (Å²) in [6.07, 6.45) is 5.41. The van der Waals surface area contributed by atoms with Crippen molar-refractivity contribution in [2.75, 3.05) is 0 Å². The largest absolute Gasteiger partial charge is 0.512 e. The zero-order chi connectivity index (χ0) is 8.85. The minimum Gasteiger partial charge on any atom is -0.512 e. The fourth-order valence-electron chi connectivity index (χ4n) is 0.903. The SMILES string of the molecule is C=C/C=C\C(=C(/C)O)C(C)C. The molecule has 0 unspecified atom stereocenters. The van der Waals surface area contributed by atoms with Crippen LogP contribution in [0, 0.1) is 5.92 Å². The molecule has 0 aliphatic carbocycles. The summed E-state index contributed by atoms with van der Waals surface area (Å²) in [4.78, 5) is 0. The summed E-state index contributed by atoms with van der Waals surface area (Å²) in [6.45, 7) is 9.35. The molecular weight excluding hydrogens is 136 g/mol. The van der Waals surface area contributed by atoms with Crippen molar-refractivity contribution in [3.8, 4) is 0 Å². The molecule has 0 aliphatic heterocycles. The van der Waals surface area contributed by atoms with E-state index in [0.29, 0.717) is 11.7 Å². The first-order valence-corrected chi connectivity index (χ1v) is 3.78. The monoisotopic (exact) mass is 152 g/mol. The number of rotatable bonds is 3. The Morgan fingerprint density at radius 1 is 1.45 bits per heavy atom. The van der Waals surface area contributed by atoms with Gasteiger partial charge in [0.05, 0.1) is 5.76 Å². The van der Waals surface area contributed by atoms with Gasteiger partial charge in [-0.3, -0.25) is 0 Å². The molecule has 0 spiro atoms. The molecule has 62 valence electrons. The maximum atomic E-state index is 9.20. The van der Waals surface area contributed by atoms with Crippen molar-refractivity contribution in [1.82, 2.24) is 0 Å². The first-order valence-electron chi connectivity index (χ1n) is 3.78. The second-order valence-corrected chi connectivity index (χ2v) is 2.79. The van der Waals surface area contributed by atoms with E-state index in [2.05, 4.69) is 6.58 Å². The van der Waals surface area contributed by atoms with E-state index in [0.717, 1.165) is 5.57 Å². The topological polar surface area (TPSA) is 20.2 Å². The summed E-state index contributed by atoms with van der Waals surface area (Å²) < 4.78 is 0. The van der Waals surface area contributed by atoms with E-state index in [1.807, 2.05) is 26.0 Å². The highest BCUT2D eigenvalue weighted by Gasteiger charge is 2.01. The lowest BCUT2D eigenvalue weighted by Crippen LogP contribution is -1.93. The van der Waals surface area contributed by atoms with Gasteiger partial charge in [-0.2, -0.15) is 0 Å². The van der Waals surface area contributed by atoms with Crippen LogP contribution in [0.3, 0.4) is 0 Å². The summed E-state index contributed by atoms with van der Waals surface area (Å²) in [5.74, 6) is 0.745. The van der Waals surface area contributed by atoms with Crippen LogP contribution < -0.4 is 0 Å². The molecule has 0 rings (SSSR count). The highest BCUT2D eigenvalue weighted by molar-refractivity contribution is 5.24. The van der Waals surface area contributed by atoms with E-state index in [9.17, 15) is 5.11 Å². The molecule has 0 saturated carbocycles. The van der Waals surface area contributed by atoms with Gasteiger partial charge in [0.15, 0.2) is 0 Å². The third-order valence-corrected chi connectivity index (χ3v) is 1.45. The molecule has 0 aliphatic rings. The van der Waals surface area contributed by atoms with Crippen LogP contribution in [-0.4, -0.2) is 5.11 Å². The zero-order valence-electron chi connectivity index (χ0n) is 7.46. The van der Waals surface area contributed by atoms with Crippen molar-refractivity contribution in [2.45, 2.75) is 20.8 Å². The summed E-state index contributed by atoms with van der Waals surface area (Å²) in [7, 11) is 0. The smallest absolute Gasteiger partial charge is 0.0926 e. The molecule has 1 N–H and O–H groups in total. The molecule has 0 amide bonds. The molecule has 0 bridgehead atoms. The fraction of sp³-hybridized carbons (Fsp3) is 0.400. The van der Waals surface area contributed by atoms with Gasteiger partial charge in [0.25, 0.3) is 0 Å². The van der Waals surface area contributed by atoms with Crippen LogP contribution in [0.5, 0.6) is 0 Å². The first kappa shape index (κ1) is 10.0. The van der Waals surface area contributed by atoms with Crippen LogP contribution in [0.4, 0.5) is 0 Å². The quantitative estimate of drug-likeness (QED) is 0.486. The lowest BCUT2D eigenvalue weighted by atomic mass is 10.0. The fourth-order valence-corrected chi connectivity index (χ4v) is 0.903. The van der Waals surface area contributed by atoms with Crippen LogP contribution in [-0.2, 0) is 0 Å². The molecule has 0 aromatic carbocycles. The molecule has 11 heavy (non-hydrogen) atoms. The van der Waals surface area contributed by atoms with E-state index < -0.39 is 0 Å². The first-order chi connectivity index (χ1) is 5.09. The summed E-state index contributed by atoms with van der Waals surface area (Å²) in [5.41, 5.74) is 0.963. The van der Waals surface area contributed by atoms with Crippen LogP contribution in [0.2, 0.25) is 0 Å². The standard InChI is InChI=1S/C10H16O/c1-5-6-7-10(8(2)3)9(4)11/h5-8,11H,1H2,2-4H3/b7-6-,10-9-. The van der Waals surface area contributed by atoms with Gasteiger partial charge in [0.2, 0.25) is 0 Å². The molecule has 0 radical (unpaired) electrons. The Labute approximate surface area is 68.7 Å². The second-order valence-electron chi connectivity index (χ2n) is 2.79. The maximum Gasteiger partial charge on any atom is 0.0926 e. The lowest BCUT2D eigenvalue weighted by molar-refractivity contribution is 0.402. The molecule has 1 heteroatoms. The van der Waals surface area contributed by atoms with Gasteiger partial charge < -0.3 is 5.11 Å². The lowest BCUT2D eigenvalue weighted by Gasteiger charge is -2.06. The average Bonchev–Trinajstić information content (AvgIpc) is 1.87. The van der Waals surface area contributed by atoms with Crippen LogP contribution in [0.25, 0.3) is 0 Å². The van der Waals surface area contributed by atoms with E-state index in [4.69, 9.17) is 0 Å². The zero-order valence-corrected chi connectivity index (χ0v) is 7.46. The Morgan fingerprint density at radius 3 is 2.27 bits per heavy atom. The average molecular weight is 152 g/mol. The number of hydrogen-bond donors (Lipinski definition) is 1. The van der Waals surface area contributed by atoms with E-state index in [1.54, 1.807) is 13.0 Å². The van der Waals surface area contributed by atoms with Crippen molar-refractivity contribution in [2.24, 2.45) is 5.92 Å². The van der Waals surface area contributed by atoms with E-state index >= 15 is 0 Å². The van der Waals surface area contributed by atoms with Crippen molar-refractivity contribution >= 4 is 0 Å².